The number of unbranched alkanes of at least 4 members (excludes halogenated alkanes) is 1. The normalized spacial score (nSPS) is 14.1. The smallest absolute Gasteiger partial charge is 0.317 e. The molecule has 0 fully saturated rings. The van der Waals surface area contributed by atoms with E-state index in [2.05, 4.69) is 23.5 Å². The second kappa shape index (κ2) is 7.29. The van der Waals surface area contributed by atoms with Gasteiger partial charge in [0, 0.05) is 0 Å². The highest BCUT2D eigenvalue weighted by molar-refractivity contribution is 5.68. The first kappa shape index (κ1) is 14.1. The lowest BCUT2D eigenvalue weighted by atomic mass is 9.87. The standard InChI is InChI=1S/C16H23NO2/c18-16(19)12-17-11-4-3-7-14-9-5-8-13-6-1-2-10-15(13)14/h5,8-9,17H,1-4,6-7,10-12H2,(H,18,19). The Balaban J connectivity index is 1.75. The molecule has 104 valence electrons. The minimum Gasteiger partial charge on any atom is -0.480 e. The Morgan fingerprint density at radius 2 is 2.05 bits per heavy atom. The molecule has 0 aliphatic heterocycles. The summed E-state index contributed by atoms with van der Waals surface area (Å²) in [6.45, 7) is 0.863. The van der Waals surface area contributed by atoms with Crippen molar-refractivity contribution in [2.45, 2.75) is 44.9 Å². The molecule has 1 aliphatic rings. The Morgan fingerprint density at radius 1 is 1.21 bits per heavy atom. The van der Waals surface area contributed by atoms with E-state index in [-0.39, 0.29) is 6.54 Å². The monoisotopic (exact) mass is 261 g/mol. The maximum atomic E-state index is 10.4. The summed E-state index contributed by atoms with van der Waals surface area (Å²) in [4.78, 5) is 10.4. The van der Waals surface area contributed by atoms with Gasteiger partial charge in [-0.1, -0.05) is 18.2 Å². The van der Waals surface area contributed by atoms with Gasteiger partial charge in [-0.3, -0.25) is 4.79 Å². The fourth-order valence-corrected chi connectivity index (χ4v) is 2.86. The van der Waals surface area contributed by atoms with Crippen molar-refractivity contribution in [2.75, 3.05) is 13.1 Å². The van der Waals surface area contributed by atoms with Crippen LogP contribution in [0.25, 0.3) is 0 Å². The number of carboxylic acid groups (broad SMARTS) is 1. The number of rotatable bonds is 7. The third-order valence-corrected chi connectivity index (χ3v) is 3.82. The van der Waals surface area contributed by atoms with Crippen LogP contribution >= 0.6 is 0 Å². The highest BCUT2D eigenvalue weighted by atomic mass is 16.4. The molecule has 0 heterocycles. The van der Waals surface area contributed by atoms with Gasteiger partial charge in [-0.15, -0.1) is 0 Å². The third kappa shape index (κ3) is 4.35. The quantitative estimate of drug-likeness (QED) is 0.742. The zero-order valence-electron chi connectivity index (χ0n) is 11.5. The molecule has 3 nitrogen and oxygen atoms in total. The lowest BCUT2D eigenvalue weighted by Crippen LogP contribution is -2.23. The summed E-state index contributed by atoms with van der Waals surface area (Å²) in [5, 5.41) is 11.5. The number of nitrogens with one attached hydrogen (secondary N) is 1. The van der Waals surface area contributed by atoms with Crippen LogP contribution in [-0.2, 0) is 24.1 Å². The van der Waals surface area contributed by atoms with Crippen molar-refractivity contribution in [3.8, 4) is 0 Å². The number of hydrogen-bond donors (Lipinski definition) is 2. The van der Waals surface area contributed by atoms with E-state index in [1.807, 2.05) is 0 Å². The predicted molar refractivity (Wildman–Crippen MR) is 76.5 cm³/mol. The summed E-state index contributed by atoms with van der Waals surface area (Å²) < 4.78 is 0. The van der Waals surface area contributed by atoms with Crippen LogP contribution in [0.3, 0.4) is 0 Å². The Hall–Kier alpha value is -1.35. The van der Waals surface area contributed by atoms with Crippen LogP contribution in [0, 0.1) is 0 Å². The van der Waals surface area contributed by atoms with Crippen molar-refractivity contribution < 1.29 is 9.90 Å². The molecule has 0 aromatic heterocycles. The molecule has 0 amide bonds. The van der Waals surface area contributed by atoms with Crippen LogP contribution < -0.4 is 5.32 Å². The average molecular weight is 261 g/mol. The summed E-state index contributed by atoms with van der Waals surface area (Å²) in [6, 6.07) is 6.71. The van der Waals surface area contributed by atoms with Crippen molar-refractivity contribution >= 4 is 5.97 Å². The van der Waals surface area contributed by atoms with Crippen molar-refractivity contribution in [1.29, 1.82) is 0 Å². The predicted octanol–water partition coefficient (Wildman–Crippen LogP) is 2.56. The van der Waals surface area contributed by atoms with E-state index in [1.54, 1.807) is 11.1 Å². The minimum absolute atomic E-state index is 0.0702. The van der Waals surface area contributed by atoms with Crippen LogP contribution in [0.1, 0.15) is 42.4 Å². The Morgan fingerprint density at radius 3 is 2.89 bits per heavy atom. The number of hydrogen-bond acceptors (Lipinski definition) is 2. The summed E-state index contributed by atoms with van der Waals surface area (Å²) in [5.41, 5.74) is 4.65. The number of aliphatic carboxylic acids is 1. The first-order chi connectivity index (χ1) is 9.27. The van der Waals surface area contributed by atoms with Gasteiger partial charge in [-0.2, -0.15) is 0 Å². The highest BCUT2D eigenvalue weighted by Gasteiger charge is 2.12. The maximum Gasteiger partial charge on any atom is 0.317 e. The van der Waals surface area contributed by atoms with Crippen LogP contribution in [0.2, 0.25) is 0 Å². The van der Waals surface area contributed by atoms with E-state index in [4.69, 9.17) is 5.11 Å². The summed E-state index contributed by atoms with van der Waals surface area (Å²) in [5.74, 6) is -0.780. The third-order valence-electron chi connectivity index (χ3n) is 3.82. The van der Waals surface area contributed by atoms with Crippen molar-refractivity contribution in [1.82, 2.24) is 5.32 Å². The number of fused-ring (bicyclic) bond motifs is 1. The first-order valence-electron chi connectivity index (χ1n) is 7.29. The largest absolute Gasteiger partial charge is 0.480 e. The molecular weight excluding hydrogens is 238 g/mol. The summed E-state index contributed by atoms with van der Waals surface area (Å²) in [6.07, 6.45) is 8.42. The molecule has 0 spiro atoms. The summed E-state index contributed by atoms with van der Waals surface area (Å²) in [7, 11) is 0. The van der Waals surface area contributed by atoms with E-state index in [9.17, 15) is 4.79 Å². The van der Waals surface area contributed by atoms with Crippen molar-refractivity contribution in [2.24, 2.45) is 0 Å². The minimum atomic E-state index is -0.780. The van der Waals surface area contributed by atoms with Crippen LogP contribution in [0.15, 0.2) is 18.2 Å². The van der Waals surface area contributed by atoms with Crippen molar-refractivity contribution in [3.63, 3.8) is 0 Å². The first-order valence-corrected chi connectivity index (χ1v) is 7.29. The molecule has 19 heavy (non-hydrogen) atoms. The molecule has 0 bridgehead atoms. The van der Waals surface area contributed by atoms with Gasteiger partial charge in [-0.05, 0) is 68.2 Å². The lowest BCUT2D eigenvalue weighted by molar-refractivity contribution is -0.135. The van der Waals surface area contributed by atoms with Crippen LogP contribution in [-0.4, -0.2) is 24.2 Å². The zero-order valence-corrected chi connectivity index (χ0v) is 11.5. The van der Waals surface area contributed by atoms with Gasteiger partial charge in [0.15, 0.2) is 0 Å². The molecule has 1 aromatic rings. The zero-order chi connectivity index (χ0) is 13.5. The number of carboxylic acids is 1. The molecule has 3 heteroatoms. The molecule has 1 aliphatic carbocycles. The van der Waals surface area contributed by atoms with Gasteiger partial charge in [0.1, 0.15) is 0 Å². The number of carbonyl (C=O) groups is 1. The van der Waals surface area contributed by atoms with E-state index in [1.165, 1.54) is 31.2 Å². The van der Waals surface area contributed by atoms with E-state index in [0.717, 1.165) is 25.8 Å². The second-order valence-corrected chi connectivity index (χ2v) is 5.29. The second-order valence-electron chi connectivity index (χ2n) is 5.29. The Labute approximate surface area is 115 Å². The topological polar surface area (TPSA) is 49.3 Å². The fraction of sp³-hybridized carbons (Fsp3) is 0.562. The molecule has 0 saturated heterocycles. The maximum absolute atomic E-state index is 10.4. The molecular formula is C16H23NO2. The summed E-state index contributed by atoms with van der Waals surface area (Å²) >= 11 is 0. The molecule has 2 rings (SSSR count). The molecule has 0 radical (unpaired) electrons. The van der Waals surface area contributed by atoms with E-state index < -0.39 is 5.97 Å². The number of benzene rings is 1. The molecule has 2 N–H and O–H groups in total. The molecule has 0 unspecified atom stereocenters. The van der Waals surface area contributed by atoms with Crippen LogP contribution in [0.4, 0.5) is 0 Å². The van der Waals surface area contributed by atoms with Gasteiger partial charge in [0.05, 0.1) is 6.54 Å². The number of aryl methyl sites for hydroxylation is 2. The van der Waals surface area contributed by atoms with Gasteiger partial charge < -0.3 is 10.4 Å². The van der Waals surface area contributed by atoms with E-state index >= 15 is 0 Å². The Kier molecular flexibility index (Phi) is 5.40. The van der Waals surface area contributed by atoms with Gasteiger partial charge >= 0.3 is 5.97 Å². The lowest BCUT2D eigenvalue weighted by Gasteiger charge is -2.19. The molecule has 1 aromatic carbocycles. The SMILES string of the molecule is O=C(O)CNCCCCc1cccc2c1CCCC2. The van der Waals surface area contributed by atoms with Crippen molar-refractivity contribution in [3.05, 3.63) is 34.9 Å². The molecule has 0 saturated carbocycles. The average Bonchev–Trinajstić information content (AvgIpc) is 2.42. The van der Waals surface area contributed by atoms with E-state index in [0.29, 0.717) is 0 Å². The van der Waals surface area contributed by atoms with Gasteiger partial charge in [-0.25, -0.2) is 0 Å². The fourth-order valence-electron chi connectivity index (χ4n) is 2.86. The van der Waals surface area contributed by atoms with Gasteiger partial charge in [0.25, 0.3) is 0 Å². The highest BCUT2D eigenvalue weighted by Crippen LogP contribution is 2.25. The van der Waals surface area contributed by atoms with Crippen LogP contribution in [0.5, 0.6) is 0 Å². The van der Waals surface area contributed by atoms with Gasteiger partial charge in [0.2, 0.25) is 0 Å². The molecule has 0 atom stereocenters. The Bertz CT molecular complexity index is 429.